The molecule has 1 aliphatic heterocycles. The van der Waals surface area contributed by atoms with E-state index in [1.54, 1.807) is 6.07 Å². The van der Waals surface area contributed by atoms with Gasteiger partial charge in [-0.25, -0.2) is 4.79 Å². The topological polar surface area (TPSA) is 54.0 Å². The molecule has 1 heterocycles. The molecule has 0 aromatic heterocycles. The molecule has 0 bridgehead atoms. The van der Waals surface area contributed by atoms with Gasteiger partial charge < -0.3 is 18.9 Å². The average molecular weight is 713 g/mol. The van der Waals surface area contributed by atoms with Crippen molar-refractivity contribution in [3.05, 3.63) is 82.5 Å². The number of allylic oxidation sites excluding steroid dienone is 7. The fraction of sp³-hybridized carbons (Fsp3) is 0.651. The first-order valence-electron chi connectivity index (χ1n) is 18.6. The Morgan fingerprint density at radius 3 is 2.27 bits per heavy atom. The Hall–Kier alpha value is -2.68. The summed E-state index contributed by atoms with van der Waals surface area (Å²) in [5, 5.41) is 0. The van der Waals surface area contributed by atoms with E-state index in [0.717, 1.165) is 56.8 Å². The number of carbonyl (C=O) groups excluding carboxylic acids is 1. The zero-order chi connectivity index (χ0) is 37.6. The summed E-state index contributed by atoms with van der Waals surface area (Å²) < 4.78 is 69.3. The Morgan fingerprint density at radius 2 is 1.65 bits per heavy atom. The van der Waals surface area contributed by atoms with Gasteiger partial charge in [0.05, 0.1) is 12.7 Å². The maximum Gasteiger partial charge on any atom is 0.432 e. The number of halogens is 3. The molecule has 4 fully saturated rings. The number of fused-ring (bicyclic) bond motifs is 5. The number of benzene rings is 1. The molecule has 1 saturated heterocycles. The minimum Gasteiger partial charge on any atom is -0.455 e. The highest BCUT2D eigenvalue weighted by Crippen LogP contribution is 2.71. The number of methoxy groups -OCH3 is 1. The third-order valence-corrected chi connectivity index (χ3v) is 13.0. The highest BCUT2D eigenvalue weighted by Gasteiger charge is 2.69. The molecule has 1 aromatic carbocycles. The Balaban J connectivity index is 1.56. The predicted molar refractivity (Wildman–Crippen MR) is 195 cm³/mol. The second-order valence-corrected chi connectivity index (χ2v) is 17.1. The molecular weight excluding hydrogens is 653 g/mol. The van der Waals surface area contributed by atoms with Crippen LogP contribution in [0.4, 0.5) is 13.2 Å². The van der Waals surface area contributed by atoms with Crippen molar-refractivity contribution < 1.29 is 36.9 Å². The molecule has 8 atom stereocenters. The minimum atomic E-state index is -5.05. The maximum atomic E-state index is 15.0. The van der Waals surface area contributed by atoms with Crippen molar-refractivity contribution in [2.45, 2.75) is 137 Å². The molecule has 0 spiro atoms. The summed E-state index contributed by atoms with van der Waals surface area (Å²) in [6, 6.07) is 7.09. The Morgan fingerprint density at radius 1 is 0.961 bits per heavy atom. The van der Waals surface area contributed by atoms with Crippen LogP contribution >= 0.6 is 0 Å². The summed E-state index contributed by atoms with van der Waals surface area (Å²) in [5.41, 5.74) is 0.0171. The fourth-order valence-electron chi connectivity index (χ4n) is 10.5. The second-order valence-electron chi connectivity index (χ2n) is 17.1. The predicted octanol–water partition coefficient (Wildman–Crippen LogP) is 11.0. The van der Waals surface area contributed by atoms with E-state index in [1.165, 1.54) is 35.4 Å². The molecule has 0 unspecified atom stereocenters. The van der Waals surface area contributed by atoms with Crippen LogP contribution in [0.25, 0.3) is 0 Å². The molecule has 0 amide bonds. The SMILES string of the molecule is CO[C@](C(=O)O[C@H]1C[C@H]2[C@@]3(C)CC[C@@H]4OC(C)(C)OC[C@]4(C)[C@@H]3CC[C@]2(C)/C1=C(C)/C=C/C=C(\C)CCC=C(C)C)(c1ccccc1)C(F)(F)F. The molecule has 8 heteroatoms. The number of carbonyl (C=O) groups is 1. The molecule has 4 aliphatic rings. The highest BCUT2D eigenvalue weighted by molar-refractivity contribution is 5.83. The molecule has 282 valence electrons. The van der Waals surface area contributed by atoms with Crippen LogP contribution in [0.1, 0.15) is 113 Å². The number of esters is 1. The van der Waals surface area contributed by atoms with Crippen molar-refractivity contribution >= 4 is 5.97 Å². The number of hydrogen-bond donors (Lipinski definition) is 0. The smallest absolute Gasteiger partial charge is 0.432 e. The van der Waals surface area contributed by atoms with Crippen LogP contribution < -0.4 is 0 Å². The molecule has 5 nitrogen and oxygen atoms in total. The molecular formula is C43H59F3O5. The third kappa shape index (κ3) is 7.06. The van der Waals surface area contributed by atoms with E-state index in [4.69, 9.17) is 18.9 Å². The largest absolute Gasteiger partial charge is 0.455 e. The average Bonchev–Trinajstić information content (AvgIpc) is 3.34. The Bertz CT molecular complexity index is 1570. The molecule has 0 N–H and O–H groups in total. The van der Waals surface area contributed by atoms with E-state index in [0.29, 0.717) is 13.0 Å². The fourth-order valence-corrected chi connectivity index (χ4v) is 10.5. The van der Waals surface area contributed by atoms with Gasteiger partial charge in [-0.2, -0.15) is 13.2 Å². The van der Waals surface area contributed by atoms with Crippen molar-refractivity contribution in [2.75, 3.05) is 13.7 Å². The Labute approximate surface area is 303 Å². The van der Waals surface area contributed by atoms with E-state index in [-0.39, 0.29) is 34.3 Å². The van der Waals surface area contributed by atoms with Gasteiger partial charge in [0.15, 0.2) is 5.79 Å². The number of alkyl halides is 3. The number of rotatable bonds is 9. The van der Waals surface area contributed by atoms with Crippen LogP contribution in [0.3, 0.4) is 0 Å². The molecule has 51 heavy (non-hydrogen) atoms. The van der Waals surface area contributed by atoms with Gasteiger partial charge in [-0.1, -0.05) is 86.6 Å². The van der Waals surface area contributed by atoms with Gasteiger partial charge in [0, 0.05) is 18.1 Å². The standard InChI is InChI=1S/C43H59F3O5/c1-28(2)16-14-17-29(3)18-15-19-30(4)36-32(50-37(47)42(48-10,43(44,45)46)31-20-12-11-13-21-31)26-34-39(7)25-23-35-41(9,27-49-38(5,6)51-35)33(39)22-24-40(34,36)8/h11-13,15-16,18-21,32-35H,14,17,22-27H2,1-10H3/b19-15+,29-18+,36-30+/t32-,33+,34-,35-,39-,40-,41+,42-/m0/s1. The van der Waals surface area contributed by atoms with Gasteiger partial charge in [0.25, 0.3) is 5.60 Å². The summed E-state index contributed by atoms with van der Waals surface area (Å²) in [6.45, 7) is 19.7. The first kappa shape index (κ1) is 39.5. The lowest BCUT2D eigenvalue weighted by atomic mass is 9.42. The van der Waals surface area contributed by atoms with Crippen LogP contribution in [-0.4, -0.2) is 43.9 Å². The lowest BCUT2D eigenvalue weighted by Gasteiger charge is -2.65. The van der Waals surface area contributed by atoms with Crippen LogP contribution in [0, 0.1) is 28.1 Å². The molecule has 5 rings (SSSR count). The van der Waals surface area contributed by atoms with Gasteiger partial charge in [-0.05, 0) is 120 Å². The van der Waals surface area contributed by atoms with E-state index >= 15 is 13.2 Å². The number of hydrogen-bond acceptors (Lipinski definition) is 5. The first-order valence-corrected chi connectivity index (χ1v) is 18.6. The zero-order valence-electron chi connectivity index (χ0n) is 32.3. The van der Waals surface area contributed by atoms with Gasteiger partial charge in [-0.3, -0.25) is 0 Å². The van der Waals surface area contributed by atoms with Crippen molar-refractivity contribution in [2.24, 2.45) is 28.1 Å². The van der Waals surface area contributed by atoms with E-state index < -0.39 is 35.1 Å². The number of ether oxygens (including phenoxy) is 4. The van der Waals surface area contributed by atoms with E-state index in [2.05, 4.69) is 53.7 Å². The second kappa shape index (κ2) is 14.3. The van der Waals surface area contributed by atoms with Crippen molar-refractivity contribution in [3.8, 4) is 0 Å². The monoisotopic (exact) mass is 712 g/mol. The van der Waals surface area contributed by atoms with Crippen LogP contribution in [0.5, 0.6) is 0 Å². The van der Waals surface area contributed by atoms with Gasteiger partial charge in [-0.15, -0.1) is 0 Å². The first-order chi connectivity index (χ1) is 23.7. The summed E-state index contributed by atoms with van der Waals surface area (Å²) in [4.78, 5) is 14.1. The summed E-state index contributed by atoms with van der Waals surface area (Å²) in [5.74, 6) is -1.74. The molecule has 3 aliphatic carbocycles. The lowest BCUT2D eigenvalue weighted by Crippen LogP contribution is -2.64. The Kier molecular flexibility index (Phi) is 11.1. The van der Waals surface area contributed by atoms with Crippen molar-refractivity contribution in [1.29, 1.82) is 0 Å². The maximum absolute atomic E-state index is 15.0. The van der Waals surface area contributed by atoms with Crippen LogP contribution in [0.15, 0.2) is 76.9 Å². The van der Waals surface area contributed by atoms with Gasteiger partial charge >= 0.3 is 12.1 Å². The quantitative estimate of drug-likeness (QED) is 0.145. The minimum absolute atomic E-state index is 0.0603. The molecule has 1 aromatic rings. The summed E-state index contributed by atoms with van der Waals surface area (Å²) in [7, 11) is 0.925. The third-order valence-electron chi connectivity index (χ3n) is 13.0. The van der Waals surface area contributed by atoms with E-state index in [9.17, 15) is 4.79 Å². The molecule has 3 saturated carbocycles. The molecule has 0 radical (unpaired) electrons. The highest BCUT2D eigenvalue weighted by atomic mass is 19.4. The zero-order valence-corrected chi connectivity index (χ0v) is 32.3. The van der Waals surface area contributed by atoms with Crippen LogP contribution in [0.2, 0.25) is 0 Å². The van der Waals surface area contributed by atoms with E-state index in [1.807, 2.05) is 32.9 Å². The summed E-state index contributed by atoms with van der Waals surface area (Å²) in [6.07, 6.45) is 8.40. The lowest BCUT2D eigenvalue weighted by molar-refractivity contribution is -0.347. The van der Waals surface area contributed by atoms with Crippen molar-refractivity contribution in [1.82, 2.24) is 0 Å². The van der Waals surface area contributed by atoms with Crippen molar-refractivity contribution in [3.63, 3.8) is 0 Å². The van der Waals surface area contributed by atoms with Gasteiger partial charge in [0.1, 0.15) is 6.10 Å². The normalized spacial score (nSPS) is 35.7. The van der Waals surface area contributed by atoms with Crippen LogP contribution in [-0.2, 0) is 29.3 Å². The summed E-state index contributed by atoms with van der Waals surface area (Å²) >= 11 is 0. The van der Waals surface area contributed by atoms with Gasteiger partial charge in [0.2, 0.25) is 0 Å².